The van der Waals surface area contributed by atoms with E-state index in [0.717, 1.165) is 5.56 Å². The van der Waals surface area contributed by atoms with Crippen LogP contribution in [0, 0.1) is 12.7 Å². The van der Waals surface area contributed by atoms with Crippen molar-refractivity contribution in [2.24, 2.45) is 0 Å². The second-order valence-corrected chi connectivity index (χ2v) is 5.65. The molecule has 0 saturated carbocycles. The third kappa shape index (κ3) is 5.80. The summed E-state index contributed by atoms with van der Waals surface area (Å²) in [4.78, 5) is 0. The molecule has 0 radical (unpaired) electrons. The van der Waals surface area contributed by atoms with Gasteiger partial charge >= 0.3 is 0 Å². The van der Waals surface area contributed by atoms with Gasteiger partial charge in [-0.25, -0.2) is 4.39 Å². The van der Waals surface area contributed by atoms with Crippen molar-refractivity contribution in [2.45, 2.75) is 13.5 Å². The van der Waals surface area contributed by atoms with Gasteiger partial charge in [-0.15, -0.1) is 0 Å². The lowest BCUT2D eigenvalue weighted by Gasteiger charge is -2.14. The first-order chi connectivity index (χ1) is 11.0. The molecule has 23 heavy (non-hydrogen) atoms. The third-order valence-electron chi connectivity index (χ3n) is 3.02. The molecule has 0 aliphatic rings. The number of rotatable bonds is 3. The Morgan fingerprint density at radius 3 is 2.39 bits per heavy atom. The Kier molecular flexibility index (Phi) is 6.25. The van der Waals surface area contributed by atoms with Crippen molar-refractivity contribution in [3.05, 3.63) is 65.5 Å². The van der Waals surface area contributed by atoms with Gasteiger partial charge < -0.3 is 10.6 Å². The molecule has 0 unspecified atom stereocenters. The van der Waals surface area contributed by atoms with E-state index >= 15 is 0 Å². The van der Waals surface area contributed by atoms with Gasteiger partial charge in [-0.1, -0.05) is 36.4 Å². The molecule has 7 heteroatoms. The van der Waals surface area contributed by atoms with Gasteiger partial charge in [-0.3, -0.25) is 10.9 Å². The third-order valence-corrected chi connectivity index (χ3v) is 3.47. The second kappa shape index (κ2) is 8.40. The predicted octanol–water partition coefficient (Wildman–Crippen LogP) is 3.00. The largest absolute Gasteiger partial charge is 0.357 e. The van der Waals surface area contributed by atoms with Crippen LogP contribution >= 0.6 is 24.4 Å². The molecule has 0 aliphatic carbocycles. The SMILES string of the molecule is Cc1ccc(NC(=S)NNC(=S)NCc2ccccc2)cc1F. The molecule has 0 heterocycles. The zero-order valence-corrected chi connectivity index (χ0v) is 14.2. The summed E-state index contributed by atoms with van der Waals surface area (Å²) in [5.74, 6) is -0.286. The average Bonchev–Trinajstić information content (AvgIpc) is 2.55. The number of aryl methyl sites for hydroxylation is 1. The molecule has 0 atom stereocenters. The van der Waals surface area contributed by atoms with Crippen LogP contribution in [0.4, 0.5) is 10.1 Å². The van der Waals surface area contributed by atoms with Gasteiger partial charge in [-0.05, 0) is 54.6 Å². The predicted molar refractivity (Wildman–Crippen MR) is 99.5 cm³/mol. The van der Waals surface area contributed by atoms with E-state index in [1.165, 1.54) is 6.07 Å². The summed E-state index contributed by atoms with van der Waals surface area (Å²) >= 11 is 10.3. The molecule has 4 nitrogen and oxygen atoms in total. The highest BCUT2D eigenvalue weighted by atomic mass is 32.1. The first kappa shape index (κ1) is 17.1. The van der Waals surface area contributed by atoms with Crippen LogP contribution < -0.4 is 21.5 Å². The van der Waals surface area contributed by atoms with Crippen LogP contribution in [0.15, 0.2) is 48.5 Å². The number of hydrogen-bond donors (Lipinski definition) is 4. The Bertz CT molecular complexity index is 692. The average molecular weight is 348 g/mol. The van der Waals surface area contributed by atoms with E-state index in [4.69, 9.17) is 24.4 Å². The maximum atomic E-state index is 13.5. The molecule has 2 rings (SSSR count). The van der Waals surface area contributed by atoms with E-state index in [2.05, 4.69) is 21.5 Å². The molecule has 0 spiro atoms. The molecule has 0 saturated heterocycles. The zero-order chi connectivity index (χ0) is 16.7. The number of hydrogen-bond acceptors (Lipinski definition) is 2. The van der Waals surface area contributed by atoms with E-state index in [1.807, 2.05) is 30.3 Å². The van der Waals surface area contributed by atoms with Crippen LogP contribution in [0.5, 0.6) is 0 Å². The van der Waals surface area contributed by atoms with Crippen LogP contribution in [0.1, 0.15) is 11.1 Å². The summed E-state index contributed by atoms with van der Waals surface area (Å²) in [7, 11) is 0. The highest BCUT2D eigenvalue weighted by Gasteiger charge is 2.02. The Balaban J connectivity index is 1.73. The molecule has 0 aromatic heterocycles. The Labute approximate surface area is 145 Å². The smallest absolute Gasteiger partial charge is 0.189 e. The van der Waals surface area contributed by atoms with Crippen molar-refractivity contribution in [3.8, 4) is 0 Å². The zero-order valence-electron chi connectivity index (χ0n) is 12.5. The van der Waals surface area contributed by atoms with Gasteiger partial charge in [-0.2, -0.15) is 0 Å². The van der Waals surface area contributed by atoms with Crippen molar-refractivity contribution < 1.29 is 4.39 Å². The van der Waals surface area contributed by atoms with Crippen molar-refractivity contribution in [1.29, 1.82) is 0 Å². The van der Waals surface area contributed by atoms with Gasteiger partial charge in [0.1, 0.15) is 5.82 Å². The fourth-order valence-electron chi connectivity index (χ4n) is 1.77. The highest BCUT2D eigenvalue weighted by molar-refractivity contribution is 7.80. The van der Waals surface area contributed by atoms with E-state index in [1.54, 1.807) is 19.1 Å². The number of benzene rings is 2. The minimum atomic E-state index is -0.286. The first-order valence-electron chi connectivity index (χ1n) is 6.95. The summed E-state index contributed by atoms with van der Waals surface area (Å²) in [6.07, 6.45) is 0. The molecular weight excluding hydrogens is 331 g/mol. The lowest BCUT2D eigenvalue weighted by atomic mass is 10.2. The van der Waals surface area contributed by atoms with Crippen molar-refractivity contribution in [3.63, 3.8) is 0 Å². The van der Waals surface area contributed by atoms with Crippen molar-refractivity contribution in [1.82, 2.24) is 16.2 Å². The van der Waals surface area contributed by atoms with Crippen LogP contribution in [-0.4, -0.2) is 10.2 Å². The summed E-state index contributed by atoms with van der Waals surface area (Å²) < 4.78 is 13.5. The quantitative estimate of drug-likeness (QED) is 0.505. The van der Waals surface area contributed by atoms with Gasteiger partial charge in [0.25, 0.3) is 0 Å². The van der Waals surface area contributed by atoms with Gasteiger partial charge in [0, 0.05) is 12.2 Å². The number of nitrogens with one attached hydrogen (secondary N) is 4. The van der Waals surface area contributed by atoms with E-state index < -0.39 is 0 Å². The summed E-state index contributed by atoms with van der Waals surface area (Å²) in [5.41, 5.74) is 7.78. The molecule has 2 aromatic carbocycles. The van der Waals surface area contributed by atoms with Crippen LogP contribution in [-0.2, 0) is 6.54 Å². The number of anilines is 1. The lowest BCUT2D eigenvalue weighted by molar-refractivity contribution is 0.619. The fraction of sp³-hybridized carbons (Fsp3) is 0.125. The fourth-order valence-corrected chi connectivity index (χ4v) is 2.06. The molecule has 120 valence electrons. The minimum absolute atomic E-state index is 0.286. The normalized spacial score (nSPS) is 9.83. The lowest BCUT2D eigenvalue weighted by Crippen LogP contribution is -2.47. The second-order valence-electron chi connectivity index (χ2n) is 4.84. The van der Waals surface area contributed by atoms with E-state index in [0.29, 0.717) is 22.9 Å². The van der Waals surface area contributed by atoms with Gasteiger partial charge in [0.15, 0.2) is 10.2 Å². The summed E-state index contributed by atoms with van der Waals surface area (Å²) in [5, 5.41) is 6.61. The van der Waals surface area contributed by atoms with E-state index in [9.17, 15) is 4.39 Å². The number of halogens is 1. The van der Waals surface area contributed by atoms with Crippen LogP contribution in [0.25, 0.3) is 0 Å². The summed E-state index contributed by atoms with van der Waals surface area (Å²) in [6, 6.07) is 14.7. The van der Waals surface area contributed by atoms with Crippen molar-refractivity contribution in [2.75, 3.05) is 5.32 Å². The van der Waals surface area contributed by atoms with Crippen molar-refractivity contribution >= 4 is 40.3 Å². The first-order valence-corrected chi connectivity index (χ1v) is 7.77. The van der Waals surface area contributed by atoms with Gasteiger partial charge in [0.2, 0.25) is 0 Å². The molecule has 0 amide bonds. The Morgan fingerprint density at radius 1 is 1.00 bits per heavy atom. The van der Waals surface area contributed by atoms with Gasteiger partial charge in [0.05, 0.1) is 0 Å². The van der Waals surface area contributed by atoms with Crippen LogP contribution in [0.2, 0.25) is 0 Å². The Hall–Kier alpha value is -2.25. The number of thiocarbonyl (C=S) groups is 2. The minimum Gasteiger partial charge on any atom is -0.357 e. The van der Waals surface area contributed by atoms with Crippen LogP contribution in [0.3, 0.4) is 0 Å². The molecule has 0 fully saturated rings. The number of hydrazine groups is 1. The molecule has 2 aromatic rings. The van der Waals surface area contributed by atoms with E-state index in [-0.39, 0.29) is 10.9 Å². The highest BCUT2D eigenvalue weighted by Crippen LogP contribution is 2.13. The molecular formula is C16H17FN4S2. The summed E-state index contributed by atoms with van der Waals surface area (Å²) in [6.45, 7) is 2.31. The Morgan fingerprint density at radius 2 is 1.70 bits per heavy atom. The maximum Gasteiger partial charge on any atom is 0.189 e. The standard InChI is InChI=1S/C16H17FN4S2/c1-11-7-8-13(9-14(11)17)19-16(23)21-20-15(22)18-10-12-5-3-2-4-6-12/h2-9H,10H2,1H3,(H2,18,20,22)(H2,19,21,23). The topological polar surface area (TPSA) is 48.1 Å². The maximum absolute atomic E-state index is 13.5. The molecule has 0 bridgehead atoms. The molecule has 0 aliphatic heterocycles. The molecule has 4 N–H and O–H groups in total. The monoisotopic (exact) mass is 348 g/mol.